The van der Waals surface area contributed by atoms with Crippen LogP contribution < -0.4 is 0 Å². The SMILES string of the molecule is C[C@H]1CCO[P@](=S)(Br)O1. The van der Waals surface area contributed by atoms with E-state index in [9.17, 15) is 0 Å². The fraction of sp³-hybridized carbons (Fsp3) is 1.00. The van der Waals surface area contributed by atoms with E-state index in [1.54, 1.807) is 0 Å². The maximum atomic E-state index is 5.29. The van der Waals surface area contributed by atoms with E-state index < -0.39 is 5.19 Å². The lowest BCUT2D eigenvalue weighted by atomic mass is 10.3. The molecule has 0 radical (unpaired) electrons. The largest absolute Gasteiger partial charge is 0.321 e. The molecule has 5 heteroatoms. The summed E-state index contributed by atoms with van der Waals surface area (Å²) in [6, 6.07) is 0. The highest BCUT2D eigenvalue weighted by Crippen LogP contribution is 2.59. The third kappa shape index (κ3) is 2.64. The van der Waals surface area contributed by atoms with Crippen molar-refractivity contribution in [1.82, 2.24) is 0 Å². The van der Waals surface area contributed by atoms with Crippen molar-refractivity contribution in [3.05, 3.63) is 0 Å². The van der Waals surface area contributed by atoms with Crippen LogP contribution >= 0.6 is 20.7 Å². The molecule has 54 valence electrons. The predicted molar refractivity (Wildman–Crippen MR) is 44.3 cm³/mol. The van der Waals surface area contributed by atoms with Gasteiger partial charge in [-0.15, -0.1) is 0 Å². The van der Waals surface area contributed by atoms with Gasteiger partial charge in [-0.3, -0.25) is 0 Å². The van der Waals surface area contributed by atoms with Crippen molar-refractivity contribution in [3.63, 3.8) is 0 Å². The first-order valence-electron chi connectivity index (χ1n) is 2.73. The summed E-state index contributed by atoms with van der Waals surface area (Å²) in [5.41, 5.74) is 0. The first-order chi connectivity index (χ1) is 4.10. The Hall–Kier alpha value is 1.05. The smallest absolute Gasteiger partial charge is 0.255 e. The van der Waals surface area contributed by atoms with Gasteiger partial charge in [0.2, 0.25) is 0 Å². The van der Waals surface area contributed by atoms with Gasteiger partial charge in [-0.25, -0.2) is 0 Å². The van der Waals surface area contributed by atoms with Crippen LogP contribution in [0.15, 0.2) is 0 Å². The minimum Gasteiger partial charge on any atom is -0.321 e. The molecule has 0 amide bonds. The van der Waals surface area contributed by atoms with E-state index in [0.29, 0.717) is 0 Å². The number of halogens is 1. The Morgan fingerprint density at radius 3 is 2.78 bits per heavy atom. The summed E-state index contributed by atoms with van der Waals surface area (Å²) in [4.78, 5) is 0. The minimum atomic E-state index is -2.00. The van der Waals surface area contributed by atoms with Crippen LogP contribution in [0.4, 0.5) is 0 Å². The minimum absolute atomic E-state index is 0.254. The average Bonchev–Trinajstić information content (AvgIpc) is 1.60. The number of hydrogen-bond donors (Lipinski definition) is 0. The Bertz CT molecular complexity index is 152. The van der Waals surface area contributed by atoms with Crippen molar-refractivity contribution in [3.8, 4) is 0 Å². The van der Waals surface area contributed by atoms with Crippen molar-refractivity contribution >= 4 is 32.5 Å². The monoisotopic (exact) mass is 230 g/mol. The Balaban J connectivity index is 2.51. The van der Waals surface area contributed by atoms with Gasteiger partial charge in [-0.2, -0.15) is 0 Å². The second-order valence-corrected chi connectivity index (χ2v) is 8.95. The normalized spacial score (nSPS) is 44.9. The van der Waals surface area contributed by atoms with E-state index in [-0.39, 0.29) is 6.10 Å². The molecule has 0 aliphatic carbocycles. The number of hydrogen-bond acceptors (Lipinski definition) is 3. The Morgan fingerprint density at radius 2 is 2.44 bits per heavy atom. The van der Waals surface area contributed by atoms with Gasteiger partial charge >= 0.3 is 0 Å². The predicted octanol–water partition coefficient (Wildman–Crippen LogP) is 2.43. The molecule has 0 saturated carbocycles. The molecule has 1 fully saturated rings. The average molecular weight is 231 g/mol. The van der Waals surface area contributed by atoms with Crippen LogP contribution in [0.25, 0.3) is 0 Å². The van der Waals surface area contributed by atoms with Crippen molar-refractivity contribution in [2.75, 3.05) is 6.61 Å². The molecule has 0 unspecified atom stereocenters. The van der Waals surface area contributed by atoms with Gasteiger partial charge in [0.15, 0.2) is 0 Å². The van der Waals surface area contributed by atoms with Crippen molar-refractivity contribution in [2.24, 2.45) is 0 Å². The molecule has 0 aromatic carbocycles. The van der Waals surface area contributed by atoms with Crippen LogP contribution in [0.5, 0.6) is 0 Å². The summed E-state index contributed by atoms with van der Waals surface area (Å²) in [5.74, 6) is 0. The second kappa shape index (κ2) is 2.97. The van der Waals surface area contributed by atoms with Gasteiger partial charge in [-0.1, -0.05) is 0 Å². The lowest BCUT2D eigenvalue weighted by molar-refractivity contribution is 0.129. The molecule has 0 N–H and O–H groups in total. The lowest BCUT2D eigenvalue weighted by Gasteiger charge is -2.25. The van der Waals surface area contributed by atoms with E-state index in [1.807, 2.05) is 6.92 Å². The zero-order valence-electron chi connectivity index (χ0n) is 5.04. The Morgan fingerprint density at radius 1 is 1.78 bits per heavy atom. The highest BCUT2D eigenvalue weighted by Gasteiger charge is 2.23. The van der Waals surface area contributed by atoms with Gasteiger partial charge in [0, 0.05) is 15.5 Å². The molecule has 1 heterocycles. The molecule has 2 nitrogen and oxygen atoms in total. The standard InChI is InChI=1S/C4H8BrO2PS/c1-4-2-3-6-8(5,9)7-4/h4H,2-3H2,1H3/t4-,8+/m0/s1. The zero-order valence-corrected chi connectivity index (χ0v) is 8.34. The summed E-state index contributed by atoms with van der Waals surface area (Å²) in [7, 11) is 0. The van der Waals surface area contributed by atoms with Crippen LogP contribution in [0.3, 0.4) is 0 Å². The highest BCUT2D eigenvalue weighted by molar-refractivity contribution is 9.42. The molecular weight excluding hydrogens is 223 g/mol. The maximum absolute atomic E-state index is 5.29. The van der Waals surface area contributed by atoms with E-state index in [0.717, 1.165) is 13.0 Å². The summed E-state index contributed by atoms with van der Waals surface area (Å²) in [6.45, 7) is 2.73. The summed E-state index contributed by atoms with van der Waals surface area (Å²) >= 11 is 8.17. The van der Waals surface area contributed by atoms with Crippen molar-refractivity contribution in [1.29, 1.82) is 0 Å². The Labute approximate surface area is 67.8 Å². The first kappa shape index (κ1) is 8.15. The fourth-order valence-corrected chi connectivity index (χ4v) is 3.50. The Kier molecular flexibility index (Phi) is 2.69. The van der Waals surface area contributed by atoms with Gasteiger partial charge in [0.1, 0.15) is 0 Å². The molecule has 0 aromatic rings. The van der Waals surface area contributed by atoms with E-state index in [2.05, 4.69) is 15.5 Å². The molecule has 0 aromatic heterocycles. The van der Waals surface area contributed by atoms with Crippen molar-refractivity contribution in [2.45, 2.75) is 19.4 Å². The molecule has 9 heavy (non-hydrogen) atoms. The first-order valence-corrected chi connectivity index (χ1v) is 7.38. The number of rotatable bonds is 0. The van der Waals surface area contributed by atoms with E-state index in [4.69, 9.17) is 20.9 Å². The van der Waals surface area contributed by atoms with Crippen LogP contribution in [0.1, 0.15) is 13.3 Å². The van der Waals surface area contributed by atoms with Gasteiger partial charge in [-0.05, 0) is 25.2 Å². The van der Waals surface area contributed by atoms with Gasteiger partial charge < -0.3 is 9.05 Å². The molecule has 1 rings (SSSR count). The van der Waals surface area contributed by atoms with E-state index in [1.165, 1.54) is 0 Å². The van der Waals surface area contributed by atoms with Gasteiger partial charge in [0.25, 0.3) is 5.19 Å². The third-order valence-corrected chi connectivity index (χ3v) is 3.87. The quantitative estimate of drug-likeness (QED) is 0.596. The topological polar surface area (TPSA) is 18.5 Å². The van der Waals surface area contributed by atoms with Gasteiger partial charge in [0.05, 0.1) is 12.7 Å². The fourth-order valence-electron chi connectivity index (χ4n) is 0.626. The molecule has 0 bridgehead atoms. The van der Waals surface area contributed by atoms with Crippen LogP contribution in [0, 0.1) is 0 Å². The molecule has 2 atom stereocenters. The molecule has 0 spiro atoms. The van der Waals surface area contributed by atoms with Crippen LogP contribution in [0.2, 0.25) is 0 Å². The summed E-state index contributed by atoms with van der Waals surface area (Å²) in [6.07, 6.45) is 1.20. The molecular formula is C4H8BrO2PS. The maximum Gasteiger partial charge on any atom is 0.255 e. The summed E-state index contributed by atoms with van der Waals surface area (Å²) < 4.78 is 10.5. The zero-order chi connectivity index (χ0) is 6.91. The summed E-state index contributed by atoms with van der Waals surface area (Å²) in [5, 5.41) is -2.00. The molecule has 1 aliphatic rings. The van der Waals surface area contributed by atoms with Crippen LogP contribution in [-0.2, 0) is 20.9 Å². The van der Waals surface area contributed by atoms with E-state index >= 15 is 0 Å². The highest BCUT2D eigenvalue weighted by atomic mass is 79.9. The van der Waals surface area contributed by atoms with Crippen molar-refractivity contribution < 1.29 is 9.05 Å². The second-order valence-electron chi connectivity index (χ2n) is 1.97. The third-order valence-electron chi connectivity index (χ3n) is 1.08. The molecule has 1 saturated heterocycles. The molecule has 1 aliphatic heterocycles. The van der Waals surface area contributed by atoms with Crippen LogP contribution in [-0.4, -0.2) is 12.7 Å². The lowest BCUT2D eigenvalue weighted by Crippen LogP contribution is -2.14.